The minimum atomic E-state index is 0.135. The summed E-state index contributed by atoms with van der Waals surface area (Å²) < 4.78 is 2.05. The van der Waals surface area contributed by atoms with Gasteiger partial charge < -0.3 is 14.4 Å². The second-order valence-corrected chi connectivity index (χ2v) is 9.31. The monoisotopic (exact) mass is 433 g/mol. The number of likely N-dealkylation sites (tertiary alicyclic amines) is 1. The molecule has 2 aliphatic heterocycles. The molecular weight excluding hydrogens is 406 g/mol. The predicted octanol–water partition coefficient (Wildman–Crippen LogP) is 4.34. The summed E-state index contributed by atoms with van der Waals surface area (Å²) in [7, 11) is 0. The van der Waals surface area contributed by atoms with Gasteiger partial charge in [-0.2, -0.15) is 0 Å². The van der Waals surface area contributed by atoms with E-state index in [2.05, 4.69) is 18.2 Å². The standard InChI is InChI=1S/C25H27N3O2S/c29-24(26-13-6-1-7-14-26)17-27-16-23(20-9-3-5-11-22(20)27)31-18-25(30)28-15-12-19-8-2-4-10-21(19)28/h2-5,8-11,16H,1,6-7,12-15,17-18H2. The van der Waals surface area contributed by atoms with Crippen LogP contribution >= 0.6 is 11.8 Å². The lowest BCUT2D eigenvalue weighted by molar-refractivity contribution is -0.132. The molecule has 3 aromatic rings. The number of carbonyl (C=O) groups is 2. The number of rotatable bonds is 5. The Balaban J connectivity index is 1.31. The number of amides is 2. The van der Waals surface area contributed by atoms with Crippen LogP contribution < -0.4 is 4.90 Å². The molecule has 6 heteroatoms. The normalized spacial score (nSPS) is 16.0. The SMILES string of the molecule is O=C(Cn1cc(SCC(=O)N2CCc3ccccc32)c2ccccc21)N1CCCCC1. The zero-order chi connectivity index (χ0) is 21.2. The maximum atomic E-state index is 12.9. The number of nitrogens with zero attached hydrogens (tertiary/aromatic N) is 3. The van der Waals surface area contributed by atoms with Crippen LogP contribution in [0.3, 0.4) is 0 Å². The third-order valence-electron chi connectivity index (χ3n) is 6.31. The Hall–Kier alpha value is -2.73. The number of thioether (sulfide) groups is 1. The van der Waals surface area contributed by atoms with Crippen LogP contribution in [0.1, 0.15) is 24.8 Å². The third-order valence-corrected chi connectivity index (χ3v) is 7.33. The summed E-state index contributed by atoms with van der Waals surface area (Å²) in [6.07, 6.45) is 6.38. The minimum absolute atomic E-state index is 0.135. The van der Waals surface area contributed by atoms with Crippen molar-refractivity contribution in [2.24, 2.45) is 0 Å². The lowest BCUT2D eigenvalue weighted by Gasteiger charge is -2.27. The van der Waals surface area contributed by atoms with Gasteiger partial charge in [-0.15, -0.1) is 11.8 Å². The minimum Gasteiger partial charge on any atom is -0.341 e. The van der Waals surface area contributed by atoms with Gasteiger partial charge in [0.1, 0.15) is 6.54 Å². The molecule has 0 unspecified atom stereocenters. The number of hydrogen-bond acceptors (Lipinski definition) is 3. The summed E-state index contributed by atoms with van der Waals surface area (Å²) in [5.74, 6) is 0.709. The van der Waals surface area contributed by atoms with Crippen molar-refractivity contribution in [3.8, 4) is 0 Å². The van der Waals surface area contributed by atoms with E-state index in [0.717, 1.165) is 60.4 Å². The average Bonchev–Trinajstić information content (AvgIpc) is 3.40. The van der Waals surface area contributed by atoms with Gasteiger partial charge in [0.2, 0.25) is 11.8 Å². The van der Waals surface area contributed by atoms with E-state index in [9.17, 15) is 9.59 Å². The molecule has 0 aliphatic carbocycles. The van der Waals surface area contributed by atoms with Crippen molar-refractivity contribution in [3.63, 3.8) is 0 Å². The van der Waals surface area contributed by atoms with Gasteiger partial charge in [-0.3, -0.25) is 9.59 Å². The highest BCUT2D eigenvalue weighted by Gasteiger charge is 2.24. The quantitative estimate of drug-likeness (QED) is 0.563. The van der Waals surface area contributed by atoms with E-state index >= 15 is 0 Å². The Bertz CT molecular complexity index is 1120. The molecule has 2 aromatic carbocycles. The second-order valence-electron chi connectivity index (χ2n) is 8.29. The molecule has 1 fully saturated rings. The molecule has 31 heavy (non-hydrogen) atoms. The maximum Gasteiger partial charge on any atom is 0.242 e. The van der Waals surface area contributed by atoms with E-state index in [1.165, 1.54) is 12.0 Å². The summed E-state index contributed by atoms with van der Waals surface area (Å²) in [5, 5.41) is 1.11. The van der Waals surface area contributed by atoms with Crippen molar-refractivity contribution in [1.29, 1.82) is 0 Å². The molecule has 0 saturated carbocycles. The van der Waals surface area contributed by atoms with Crippen LogP contribution in [0.2, 0.25) is 0 Å². The van der Waals surface area contributed by atoms with Gasteiger partial charge in [-0.1, -0.05) is 36.4 Å². The number of hydrogen-bond donors (Lipinski definition) is 0. The summed E-state index contributed by atoms with van der Waals surface area (Å²) in [6.45, 7) is 2.84. The van der Waals surface area contributed by atoms with E-state index in [0.29, 0.717) is 12.3 Å². The van der Waals surface area contributed by atoms with Crippen molar-refractivity contribution < 1.29 is 9.59 Å². The zero-order valence-electron chi connectivity index (χ0n) is 17.6. The molecule has 0 atom stereocenters. The molecule has 5 rings (SSSR count). The van der Waals surface area contributed by atoms with Crippen molar-refractivity contribution in [2.45, 2.75) is 37.1 Å². The molecule has 2 amide bonds. The molecule has 0 radical (unpaired) electrons. The van der Waals surface area contributed by atoms with E-state index in [1.54, 1.807) is 11.8 Å². The topological polar surface area (TPSA) is 45.6 Å². The number of benzene rings is 2. The predicted molar refractivity (Wildman–Crippen MR) is 126 cm³/mol. The van der Waals surface area contributed by atoms with E-state index < -0.39 is 0 Å². The largest absolute Gasteiger partial charge is 0.341 e. The van der Waals surface area contributed by atoms with Crippen LogP contribution in [0.25, 0.3) is 10.9 Å². The number of para-hydroxylation sites is 2. The smallest absolute Gasteiger partial charge is 0.242 e. The Morgan fingerprint density at radius 1 is 0.871 bits per heavy atom. The molecule has 0 bridgehead atoms. The summed E-state index contributed by atoms with van der Waals surface area (Å²) in [6, 6.07) is 16.3. The first kappa shape index (κ1) is 20.2. The fourth-order valence-electron chi connectivity index (χ4n) is 4.66. The Morgan fingerprint density at radius 2 is 1.65 bits per heavy atom. The molecule has 0 spiro atoms. The first-order chi connectivity index (χ1) is 15.2. The van der Waals surface area contributed by atoms with E-state index in [4.69, 9.17) is 0 Å². The lowest BCUT2D eigenvalue weighted by Crippen LogP contribution is -2.37. The number of piperidine rings is 1. The summed E-state index contributed by atoms with van der Waals surface area (Å²) in [5.41, 5.74) is 3.34. The van der Waals surface area contributed by atoms with Crippen molar-refractivity contribution in [2.75, 3.05) is 30.3 Å². The highest BCUT2D eigenvalue weighted by Crippen LogP contribution is 2.32. The van der Waals surface area contributed by atoms with Crippen LogP contribution in [0, 0.1) is 0 Å². The Morgan fingerprint density at radius 3 is 2.52 bits per heavy atom. The van der Waals surface area contributed by atoms with E-state index in [1.807, 2.05) is 50.9 Å². The van der Waals surface area contributed by atoms with Crippen LogP contribution in [0.4, 0.5) is 5.69 Å². The number of anilines is 1. The van der Waals surface area contributed by atoms with Crippen LogP contribution in [0.5, 0.6) is 0 Å². The molecular formula is C25H27N3O2S. The molecule has 1 saturated heterocycles. The first-order valence-electron chi connectivity index (χ1n) is 11.1. The van der Waals surface area contributed by atoms with Crippen LogP contribution in [-0.4, -0.2) is 46.7 Å². The molecule has 160 valence electrons. The second kappa shape index (κ2) is 8.79. The van der Waals surface area contributed by atoms with Gasteiger partial charge >= 0.3 is 0 Å². The van der Waals surface area contributed by atoms with Crippen molar-refractivity contribution >= 4 is 40.2 Å². The molecule has 3 heterocycles. The molecule has 0 N–H and O–H groups in total. The van der Waals surface area contributed by atoms with Crippen molar-refractivity contribution in [3.05, 3.63) is 60.3 Å². The van der Waals surface area contributed by atoms with Crippen LogP contribution in [0.15, 0.2) is 59.6 Å². The summed E-state index contributed by atoms with van der Waals surface area (Å²) in [4.78, 5) is 30.7. The highest BCUT2D eigenvalue weighted by atomic mass is 32.2. The lowest BCUT2D eigenvalue weighted by atomic mass is 10.1. The first-order valence-corrected chi connectivity index (χ1v) is 12.1. The van der Waals surface area contributed by atoms with Gasteiger partial charge in [-0.25, -0.2) is 0 Å². The number of carbonyl (C=O) groups excluding carboxylic acids is 2. The van der Waals surface area contributed by atoms with Crippen molar-refractivity contribution in [1.82, 2.24) is 9.47 Å². The summed E-state index contributed by atoms with van der Waals surface area (Å²) >= 11 is 1.57. The van der Waals surface area contributed by atoms with Crippen LogP contribution in [-0.2, 0) is 22.6 Å². The van der Waals surface area contributed by atoms with Gasteiger partial charge in [-0.05, 0) is 43.4 Å². The average molecular weight is 434 g/mol. The molecule has 5 nitrogen and oxygen atoms in total. The van der Waals surface area contributed by atoms with Gasteiger partial charge in [0, 0.05) is 47.3 Å². The van der Waals surface area contributed by atoms with E-state index in [-0.39, 0.29) is 11.8 Å². The number of fused-ring (bicyclic) bond motifs is 2. The third kappa shape index (κ3) is 4.09. The van der Waals surface area contributed by atoms with Gasteiger partial charge in [0.05, 0.1) is 5.75 Å². The Kier molecular flexibility index (Phi) is 5.72. The van der Waals surface area contributed by atoms with Gasteiger partial charge in [0.25, 0.3) is 0 Å². The fraction of sp³-hybridized carbons (Fsp3) is 0.360. The highest BCUT2D eigenvalue weighted by molar-refractivity contribution is 8.00. The molecule has 1 aromatic heterocycles. The molecule has 2 aliphatic rings. The zero-order valence-corrected chi connectivity index (χ0v) is 18.4. The number of aromatic nitrogens is 1. The van der Waals surface area contributed by atoms with Gasteiger partial charge in [0.15, 0.2) is 0 Å². The maximum absolute atomic E-state index is 12.9. The Labute approximate surface area is 187 Å². The fourth-order valence-corrected chi connectivity index (χ4v) is 5.63.